The number of halogens is 1. The van der Waals surface area contributed by atoms with E-state index in [2.05, 4.69) is 10.3 Å². The molecule has 0 bridgehead atoms. The second-order valence-corrected chi connectivity index (χ2v) is 3.61. The molecule has 0 aliphatic carbocycles. The van der Waals surface area contributed by atoms with Gasteiger partial charge in [-0.1, -0.05) is 6.07 Å². The molecule has 4 nitrogen and oxygen atoms in total. The number of hydrogen-bond donors (Lipinski definition) is 1. The van der Waals surface area contributed by atoms with Crippen LogP contribution in [0.2, 0.25) is 0 Å². The minimum Gasteiger partial charge on any atom is -0.436 e. The van der Waals surface area contributed by atoms with Crippen LogP contribution >= 0.6 is 0 Å². The number of aromatic nitrogens is 1. The van der Waals surface area contributed by atoms with Gasteiger partial charge in [0.1, 0.15) is 5.82 Å². The molecule has 0 atom stereocenters. The first kappa shape index (κ1) is 11.3. The van der Waals surface area contributed by atoms with Gasteiger partial charge in [-0.3, -0.25) is 4.79 Å². The molecule has 0 aliphatic rings. The summed E-state index contributed by atoms with van der Waals surface area (Å²) in [5, 5.41) is 2.54. The van der Waals surface area contributed by atoms with Gasteiger partial charge >= 0.3 is 0 Å². The van der Waals surface area contributed by atoms with Crippen LogP contribution in [0.5, 0.6) is 0 Å². The van der Waals surface area contributed by atoms with Crippen molar-refractivity contribution in [3.05, 3.63) is 47.4 Å². The van der Waals surface area contributed by atoms with Gasteiger partial charge in [-0.25, -0.2) is 9.37 Å². The van der Waals surface area contributed by atoms with Crippen LogP contribution < -0.4 is 5.32 Å². The van der Waals surface area contributed by atoms with Crippen molar-refractivity contribution in [3.8, 4) is 0 Å². The monoisotopic (exact) mass is 234 g/mol. The van der Waals surface area contributed by atoms with Crippen LogP contribution in [0, 0.1) is 19.7 Å². The third kappa shape index (κ3) is 2.50. The molecule has 0 aliphatic heterocycles. The molecule has 0 saturated heterocycles. The number of rotatable bonds is 2. The Morgan fingerprint density at radius 3 is 2.76 bits per heavy atom. The number of amides is 1. The summed E-state index contributed by atoms with van der Waals surface area (Å²) in [4.78, 5) is 15.8. The molecule has 0 fully saturated rings. The van der Waals surface area contributed by atoms with E-state index in [0.29, 0.717) is 17.3 Å². The van der Waals surface area contributed by atoms with Crippen LogP contribution in [0.25, 0.3) is 0 Å². The minimum atomic E-state index is -0.436. The second kappa shape index (κ2) is 4.37. The van der Waals surface area contributed by atoms with E-state index in [4.69, 9.17) is 4.42 Å². The van der Waals surface area contributed by atoms with Crippen molar-refractivity contribution in [3.63, 3.8) is 0 Å². The van der Waals surface area contributed by atoms with Crippen LogP contribution in [0.4, 0.5) is 10.1 Å². The number of carbonyl (C=O) groups excluding carboxylic acids is 1. The number of benzene rings is 1. The lowest BCUT2D eigenvalue weighted by Gasteiger charge is -2.02. The first-order valence-electron chi connectivity index (χ1n) is 5.07. The van der Waals surface area contributed by atoms with E-state index in [1.165, 1.54) is 18.2 Å². The lowest BCUT2D eigenvalue weighted by atomic mass is 10.3. The molecule has 0 saturated carbocycles. The van der Waals surface area contributed by atoms with Gasteiger partial charge in [0, 0.05) is 12.6 Å². The summed E-state index contributed by atoms with van der Waals surface area (Å²) >= 11 is 0. The minimum absolute atomic E-state index is 0.145. The normalized spacial score (nSPS) is 10.3. The van der Waals surface area contributed by atoms with E-state index in [0.717, 1.165) is 0 Å². The largest absolute Gasteiger partial charge is 0.436 e. The Bertz CT molecular complexity index is 563. The molecule has 1 aromatic heterocycles. The second-order valence-electron chi connectivity index (χ2n) is 3.61. The van der Waals surface area contributed by atoms with Crippen LogP contribution in [-0.4, -0.2) is 10.9 Å². The van der Waals surface area contributed by atoms with Crippen molar-refractivity contribution in [2.75, 3.05) is 5.32 Å². The Kier molecular flexibility index (Phi) is 2.91. The molecule has 0 unspecified atom stereocenters. The molecule has 1 N–H and O–H groups in total. The van der Waals surface area contributed by atoms with E-state index in [9.17, 15) is 9.18 Å². The molecule has 0 spiro atoms. The number of oxazole rings is 1. The summed E-state index contributed by atoms with van der Waals surface area (Å²) in [6.07, 6.45) is 0. The zero-order valence-corrected chi connectivity index (χ0v) is 9.45. The topological polar surface area (TPSA) is 55.1 Å². The molecule has 5 heteroatoms. The molecule has 17 heavy (non-hydrogen) atoms. The molecule has 1 amide bonds. The highest BCUT2D eigenvalue weighted by Gasteiger charge is 2.15. The van der Waals surface area contributed by atoms with Crippen LogP contribution in [0.1, 0.15) is 22.1 Å². The Balaban J connectivity index is 2.20. The maximum absolute atomic E-state index is 12.9. The van der Waals surface area contributed by atoms with Crippen molar-refractivity contribution in [1.29, 1.82) is 0 Å². The number of aryl methyl sites for hydroxylation is 2. The van der Waals surface area contributed by atoms with E-state index >= 15 is 0 Å². The fraction of sp³-hybridized carbons (Fsp3) is 0.167. The Labute approximate surface area is 97.5 Å². The zero-order chi connectivity index (χ0) is 12.4. The Morgan fingerprint density at radius 1 is 1.41 bits per heavy atom. The fourth-order valence-electron chi connectivity index (χ4n) is 1.50. The Morgan fingerprint density at radius 2 is 2.18 bits per heavy atom. The predicted molar refractivity (Wildman–Crippen MR) is 60.3 cm³/mol. The SMILES string of the molecule is Cc1nc(C)c(C(=O)Nc2cccc(F)c2)o1. The van der Waals surface area contributed by atoms with Gasteiger partial charge in [-0.15, -0.1) is 0 Å². The smallest absolute Gasteiger partial charge is 0.293 e. The van der Waals surface area contributed by atoms with Crippen molar-refractivity contribution in [2.45, 2.75) is 13.8 Å². The van der Waals surface area contributed by atoms with E-state index in [1.807, 2.05) is 0 Å². The van der Waals surface area contributed by atoms with Crippen molar-refractivity contribution in [2.24, 2.45) is 0 Å². The highest BCUT2D eigenvalue weighted by molar-refractivity contribution is 6.02. The number of nitrogens with zero attached hydrogens (tertiary/aromatic N) is 1. The van der Waals surface area contributed by atoms with Gasteiger partial charge in [-0.05, 0) is 25.1 Å². The summed E-state index contributed by atoms with van der Waals surface area (Å²) in [7, 11) is 0. The lowest BCUT2D eigenvalue weighted by Crippen LogP contribution is -2.12. The van der Waals surface area contributed by atoms with Crippen molar-refractivity contribution < 1.29 is 13.6 Å². The van der Waals surface area contributed by atoms with Gasteiger partial charge in [0.2, 0.25) is 5.76 Å². The summed E-state index contributed by atoms with van der Waals surface area (Å²) in [6.45, 7) is 3.34. The van der Waals surface area contributed by atoms with Crippen LogP contribution in [0.15, 0.2) is 28.7 Å². The average Bonchev–Trinajstić information content (AvgIpc) is 2.58. The predicted octanol–water partition coefficient (Wildman–Crippen LogP) is 2.68. The van der Waals surface area contributed by atoms with E-state index in [-0.39, 0.29) is 5.76 Å². The number of anilines is 1. The molecule has 1 heterocycles. The van der Waals surface area contributed by atoms with Crippen LogP contribution in [-0.2, 0) is 0 Å². The zero-order valence-electron chi connectivity index (χ0n) is 9.45. The maximum atomic E-state index is 12.9. The molecule has 2 rings (SSSR count). The van der Waals surface area contributed by atoms with E-state index < -0.39 is 11.7 Å². The van der Waals surface area contributed by atoms with Gasteiger partial charge in [-0.2, -0.15) is 0 Å². The lowest BCUT2D eigenvalue weighted by molar-refractivity contribution is 0.0994. The molecule has 1 aromatic carbocycles. The quantitative estimate of drug-likeness (QED) is 0.869. The molecular weight excluding hydrogens is 223 g/mol. The Hall–Kier alpha value is -2.17. The molecule has 88 valence electrons. The van der Waals surface area contributed by atoms with Crippen molar-refractivity contribution in [1.82, 2.24) is 4.98 Å². The molecule has 0 radical (unpaired) electrons. The first-order chi connectivity index (χ1) is 8.06. The van der Waals surface area contributed by atoms with Gasteiger partial charge in [0.15, 0.2) is 5.89 Å². The molecular formula is C12H11FN2O2. The highest BCUT2D eigenvalue weighted by Crippen LogP contribution is 2.14. The fourth-order valence-corrected chi connectivity index (χ4v) is 1.50. The van der Waals surface area contributed by atoms with Crippen molar-refractivity contribution >= 4 is 11.6 Å². The maximum Gasteiger partial charge on any atom is 0.293 e. The van der Waals surface area contributed by atoms with Crippen LogP contribution in [0.3, 0.4) is 0 Å². The summed E-state index contributed by atoms with van der Waals surface area (Å²) in [5.41, 5.74) is 0.889. The summed E-state index contributed by atoms with van der Waals surface area (Å²) in [5.74, 6) is -0.277. The standard InChI is InChI=1S/C12H11FN2O2/c1-7-11(17-8(2)14-7)12(16)15-10-5-3-4-9(13)6-10/h3-6H,1-2H3,(H,15,16). The van der Waals surface area contributed by atoms with Gasteiger partial charge in [0.05, 0.1) is 5.69 Å². The highest BCUT2D eigenvalue weighted by atomic mass is 19.1. The van der Waals surface area contributed by atoms with E-state index in [1.54, 1.807) is 19.9 Å². The summed E-state index contributed by atoms with van der Waals surface area (Å²) in [6, 6.07) is 5.65. The van der Waals surface area contributed by atoms with Gasteiger partial charge in [0.25, 0.3) is 5.91 Å². The first-order valence-corrected chi connectivity index (χ1v) is 5.07. The molecule has 2 aromatic rings. The summed E-state index contributed by atoms with van der Waals surface area (Å²) < 4.78 is 18.1. The number of hydrogen-bond acceptors (Lipinski definition) is 3. The number of carbonyl (C=O) groups is 1. The third-order valence-corrected chi connectivity index (χ3v) is 2.19. The number of nitrogens with one attached hydrogen (secondary N) is 1. The van der Waals surface area contributed by atoms with Gasteiger partial charge < -0.3 is 9.73 Å². The third-order valence-electron chi connectivity index (χ3n) is 2.19. The average molecular weight is 234 g/mol.